The Hall–Kier alpha value is -1.76. The number of carbonyl (C=O) groups excluding carboxylic acids is 2. The first-order chi connectivity index (χ1) is 10.2. The minimum absolute atomic E-state index is 0.0166. The second-order valence-corrected chi connectivity index (χ2v) is 5.64. The van der Waals surface area contributed by atoms with E-state index >= 15 is 0 Å². The van der Waals surface area contributed by atoms with Crippen LogP contribution in [0.5, 0.6) is 0 Å². The van der Waals surface area contributed by atoms with Gasteiger partial charge in [0, 0.05) is 18.9 Å². The number of hydrogen-bond acceptors (Lipinski definition) is 5. The van der Waals surface area contributed by atoms with Crippen LogP contribution in [0, 0.1) is 5.92 Å². The topological polar surface area (TPSA) is 114 Å². The Kier molecular flexibility index (Phi) is 5.86. The molecule has 0 aromatic carbocycles. The molecule has 0 aliphatic heterocycles. The summed E-state index contributed by atoms with van der Waals surface area (Å²) < 4.78 is 0. The van der Waals surface area contributed by atoms with E-state index in [1.54, 1.807) is 0 Å². The van der Waals surface area contributed by atoms with E-state index in [9.17, 15) is 9.59 Å². The molecule has 0 saturated heterocycles. The predicted molar refractivity (Wildman–Crippen MR) is 77.5 cm³/mol. The Labute approximate surface area is 124 Å². The molecular weight excluding hydrogens is 270 g/mol. The van der Waals surface area contributed by atoms with Crippen LogP contribution in [0.25, 0.3) is 0 Å². The van der Waals surface area contributed by atoms with E-state index in [1.807, 2.05) is 0 Å². The van der Waals surface area contributed by atoms with Gasteiger partial charge in [0.25, 0.3) is 0 Å². The van der Waals surface area contributed by atoms with E-state index in [0.29, 0.717) is 31.1 Å². The van der Waals surface area contributed by atoms with Crippen molar-refractivity contribution in [2.75, 3.05) is 6.54 Å². The summed E-state index contributed by atoms with van der Waals surface area (Å²) in [6.07, 6.45) is 6.87. The number of aromatic amines is 1. The van der Waals surface area contributed by atoms with Gasteiger partial charge in [0.05, 0.1) is 0 Å². The van der Waals surface area contributed by atoms with E-state index in [2.05, 4.69) is 20.5 Å². The fourth-order valence-corrected chi connectivity index (χ4v) is 2.77. The Morgan fingerprint density at radius 3 is 2.71 bits per heavy atom. The SMILES string of the molecule is NCCCC(=O)NC1CCC(CC(=O)c2ncn[nH]2)CC1. The van der Waals surface area contributed by atoms with E-state index in [1.165, 1.54) is 6.33 Å². The molecule has 1 aromatic rings. The monoisotopic (exact) mass is 293 g/mol. The number of nitrogens with two attached hydrogens (primary N) is 1. The molecule has 1 saturated carbocycles. The Morgan fingerprint density at radius 2 is 2.10 bits per heavy atom. The molecule has 0 bridgehead atoms. The Balaban J connectivity index is 1.68. The highest BCUT2D eigenvalue weighted by molar-refractivity contribution is 5.92. The van der Waals surface area contributed by atoms with Gasteiger partial charge in [0.15, 0.2) is 11.6 Å². The molecule has 4 N–H and O–H groups in total. The Bertz CT molecular complexity index is 452. The van der Waals surface area contributed by atoms with Gasteiger partial charge in [-0.15, -0.1) is 0 Å². The van der Waals surface area contributed by atoms with Crippen molar-refractivity contribution in [1.82, 2.24) is 20.5 Å². The molecule has 0 atom stereocenters. The summed E-state index contributed by atoms with van der Waals surface area (Å²) in [6.45, 7) is 0.546. The average molecular weight is 293 g/mol. The van der Waals surface area contributed by atoms with Gasteiger partial charge in [-0.1, -0.05) is 0 Å². The number of nitrogens with zero attached hydrogens (tertiary/aromatic N) is 2. The zero-order valence-corrected chi connectivity index (χ0v) is 12.2. The lowest BCUT2D eigenvalue weighted by molar-refractivity contribution is -0.122. The number of carbonyl (C=O) groups is 2. The minimum atomic E-state index is 0.0166. The zero-order chi connectivity index (χ0) is 15.1. The van der Waals surface area contributed by atoms with Crippen LogP contribution in [0.15, 0.2) is 6.33 Å². The standard InChI is InChI=1S/C14H23N5O2/c15-7-1-2-13(21)18-11-5-3-10(4-6-11)8-12(20)14-16-9-17-19-14/h9-11H,1-8,15H2,(H,18,21)(H,16,17,19). The van der Waals surface area contributed by atoms with Gasteiger partial charge in [-0.2, -0.15) is 5.10 Å². The fourth-order valence-electron chi connectivity index (χ4n) is 2.77. The van der Waals surface area contributed by atoms with Gasteiger partial charge in [-0.3, -0.25) is 14.7 Å². The van der Waals surface area contributed by atoms with Crippen molar-refractivity contribution in [3.63, 3.8) is 0 Å². The normalized spacial score (nSPS) is 22.0. The van der Waals surface area contributed by atoms with Crippen LogP contribution in [-0.4, -0.2) is 39.5 Å². The minimum Gasteiger partial charge on any atom is -0.353 e. The number of rotatable bonds is 7. The van der Waals surface area contributed by atoms with Gasteiger partial charge in [0.2, 0.25) is 5.91 Å². The average Bonchev–Trinajstić information content (AvgIpc) is 3.01. The summed E-state index contributed by atoms with van der Waals surface area (Å²) in [5.41, 5.74) is 5.39. The maximum atomic E-state index is 11.9. The molecule has 0 spiro atoms. The fraction of sp³-hybridized carbons (Fsp3) is 0.714. The van der Waals surface area contributed by atoms with E-state index in [0.717, 1.165) is 32.1 Å². The second-order valence-electron chi connectivity index (χ2n) is 5.64. The molecule has 0 unspecified atom stereocenters. The van der Waals surface area contributed by atoms with E-state index in [4.69, 9.17) is 5.73 Å². The summed E-state index contributed by atoms with van der Waals surface area (Å²) >= 11 is 0. The van der Waals surface area contributed by atoms with Gasteiger partial charge in [0.1, 0.15) is 6.33 Å². The number of hydrogen-bond donors (Lipinski definition) is 3. The van der Waals surface area contributed by atoms with Gasteiger partial charge >= 0.3 is 0 Å². The highest BCUT2D eigenvalue weighted by Gasteiger charge is 2.25. The van der Waals surface area contributed by atoms with Crippen molar-refractivity contribution < 1.29 is 9.59 Å². The van der Waals surface area contributed by atoms with Gasteiger partial charge in [-0.05, 0) is 44.6 Å². The Morgan fingerprint density at radius 1 is 1.33 bits per heavy atom. The van der Waals surface area contributed by atoms with Crippen LogP contribution < -0.4 is 11.1 Å². The lowest BCUT2D eigenvalue weighted by Gasteiger charge is -2.28. The summed E-state index contributed by atoms with van der Waals surface area (Å²) in [5.74, 6) is 0.816. The third-order valence-corrected chi connectivity index (χ3v) is 3.97. The lowest BCUT2D eigenvalue weighted by Crippen LogP contribution is -2.38. The number of Topliss-reactive ketones (excluding diaryl/α,β-unsaturated/α-hetero) is 1. The molecule has 1 fully saturated rings. The lowest BCUT2D eigenvalue weighted by atomic mass is 9.83. The number of ketones is 1. The number of H-pyrrole nitrogens is 1. The third kappa shape index (κ3) is 4.93. The largest absolute Gasteiger partial charge is 0.353 e. The van der Waals surface area contributed by atoms with Crippen molar-refractivity contribution in [1.29, 1.82) is 0 Å². The van der Waals surface area contributed by atoms with Crippen LogP contribution in [0.2, 0.25) is 0 Å². The maximum absolute atomic E-state index is 11.9. The van der Waals surface area contributed by atoms with Crippen molar-refractivity contribution in [3.8, 4) is 0 Å². The third-order valence-electron chi connectivity index (χ3n) is 3.97. The van der Waals surface area contributed by atoms with Gasteiger partial charge in [-0.25, -0.2) is 4.98 Å². The molecule has 1 amide bonds. The first-order valence-corrected chi connectivity index (χ1v) is 7.57. The van der Waals surface area contributed by atoms with Gasteiger partial charge < -0.3 is 11.1 Å². The smallest absolute Gasteiger partial charge is 0.220 e. The summed E-state index contributed by atoms with van der Waals surface area (Å²) in [7, 11) is 0. The maximum Gasteiger partial charge on any atom is 0.220 e. The first-order valence-electron chi connectivity index (χ1n) is 7.57. The summed E-state index contributed by atoms with van der Waals surface area (Å²) in [4.78, 5) is 27.5. The molecule has 2 rings (SSSR count). The van der Waals surface area contributed by atoms with E-state index in [-0.39, 0.29) is 17.7 Å². The molecule has 1 aliphatic rings. The second kappa shape index (κ2) is 7.87. The van der Waals surface area contributed by atoms with Crippen LogP contribution in [-0.2, 0) is 4.79 Å². The highest BCUT2D eigenvalue weighted by atomic mass is 16.1. The zero-order valence-electron chi connectivity index (χ0n) is 12.2. The number of aromatic nitrogens is 3. The molecular formula is C14H23N5O2. The van der Waals surface area contributed by atoms with Crippen LogP contribution in [0.4, 0.5) is 0 Å². The number of amides is 1. The molecule has 21 heavy (non-hydrogen) atoms. The quantitative estimate of drug-likeness (QED) is 0.643. The molecule has 1 heterocycles. The van der Waals surface area contributed by atoms with Crippen LogP contribution in [0.1, 0.15) is 55.6 Å². The number of nitrogens with one attached hydrogen (secondary N) is 2. The van der Waals surface area contributed by atoms with E-state index < -0.39 is 0 Å². The van der Waals surface area contributed by atoms with Crippen molar-refractivity contribution in [2.24, 2.45) is 11.7 Å². The first kappa shape index (κ1) is 15.6. The van der Waals surface area contributed by atoms with Crippen LogP contribution >= 0.6 is 0 Å². The highest BCUT2D eigenvalue weighted by Crippen LogP contribution is 2.27. The summed E-state index contributed by atoms with van der Waals surface area (Å²) in [6, 6.07) is 0.243. The molecule has 1 aromatic heterocycles. The predicted octanol–water partition coefficient (Wildman–Crippen LogP) is 0.791. The van der Waals surface area contributed by atoms with Crippen molar-refractivity contribution in [2.45, 2.75) is 51.0 Å². The van der Waals surface area contributed by atoms with Crippen molar-refractivity contribution in [3.05, 3.63) is 12.2 Å². The molecule has 7 nitrogen and oxygen atoms in total. The van der Waals surface area contributed by atoms with Crippen LogP contribution in [0.3, 0.4) is 0 Å². The molecule has 0 radical (unpaired) electrons. The molecule has 7 heteroatoms. The summed E-state index contributed by atoms with van der Waals surface area (Å²) in [5, 5.41) is 9.34. The molecule has 1 aliphatic carbocycles. The molecule has 116 valence electrons. The van der Waals surface area contributed by atoms with Crippen molar-refractivity contribution >= 4 is 11.7 Å².